The van der Waals surface area contributed by atoms with Gasteiger partial charge in [-0.05, 0) is 13.0 Å². The van der Waals surface area contributed by atoms with Gasteiger partial charge >= 0.3 is 0 Å². The minimum absolute atomic E-state index is 0.421. The molecule has 0 aliphatic heterocycles. The molecule has 1 aromatic rings. The maximum atomic E-state index is 5.28. The van der Waals surface area contributed by atoms with Crippen LogP contribution in [0.3, 0.4) is 0 Å². The molecule has 0 aliphatic rings. The Hall–Kier alpha value is -0.940. The van der Waals surface area contributed by atoms with Crippen molar-refractivity contribution in [2.75, 3.05) is 19.7 Å². The second-order valence-electron chi connectivity index (χ2n) is 2.65. The average molecular weight is 185 g/mol. The van der Waals surface area contributed by atoms with Gasteiger partial charge in [0.05, 0.1) is 6.61 Å². The smallest absolute Gasteiger partial charge is 0.213 e. The van der Waals surface area contributed by atoms with Crippen LogP contribution in [0.5, 0.6) is 0 Å². The Labute approximate surface area is 77.5 Å². The Kier molecular flexibility index (Phi) is 5.12. The first-order chi connectivity index (χ1) is 6.43. The number of aromatic nitrogens is 2. The predicted octanol–water partition coefficient (Wildman–Crippen LogP) is 0.586. The molecule has 74 valence electrons. The normalized spacial score (nSPS) is 10.5. The average Bonchev–Trinajstić information content (AvgIpc) is 2.63. The fourth-order valence-corrected chi connectivity index (χ4v) is 0.866. The molecule has 0 bridgehead atoms. The van der Waals surface area contributed by atoms with Gasteiger partial charge in [0.2, 0.25) is 6.39 Å². The highest BCUT2D eigenvalue weighted by Crippen LogP contribution is 1.90. The Morgan fingerprint density at radius 2 is 2.46 bits per heavy atom. The Bertz CT molecular complexity index is 201. The van der Waals surface area contributed by atoms with Crippen LogP contribution in [-0.4, -0.2) is 29.8 Å². The van der Waals surface area contributed by atoms with Gasteiger partial charge in [0.15, 0.2) is 5.82 Å². The van der Waals surface area contributed by atoms with Crippen LogP contribution in [-0.2, 0) is 11.3 Å². The van der Waals surface area contributed by atoms with Crippen molar-refractivity contribution >= 4 is 0 Å². The van der Waals surface area contributed by atoms with Crippen LogP contribution in [0.2, 0.25) is 0 Å². The topological polar surface area (TPSA) is 60.2 Å². The van der Waals surface area contributed by atoms with E-state index >= 15 is 0 Å². The van der Waals surface area contributed by atoms with Crippen LogP contribution in [0.1, 0.15) is 19.2 Å². The van der Waals surface area contributed by atoms with E-state index in [1.54, 1.807) is 0 Å². The number of nitrogens with one attached hydrogen (secondary N) is 1. The molecule has 0 amide bonds. The molecule has 0 saturated heterocycles. The largest absolute Gasteiger partial charge is 0.372 e. The van der Waals surface area contributed by atoms with E-state index in [4.69, 9.17) is 4.74 Å². The van der Waals surface area contributed by atoms with Crippen molar-refractivity contribution in [2.45, 2.75) is 20.0 Å². The van der Waals surface area contributed by atoms with Gasteiger partial charge in [-0.3, -0.25) is 0 Å². The summed E-state index contributed by atoms with van der Waals surface area (Å²) in [6.07, 6.45) is 2.44. The number of hydrogen-bond donors (Lipinski definition) is 1. The van der Waals surface area contributed by atoms with Crippen LogP contribution in [0, 0.1) is 0 Å². The first kappa shape index (κ1) is 10.1. The number of ether oxygens (including phenoxy) is 1. The molecule has 0 spiro atoms. The monoisotopic (exact) mass is 185 g/mol. The molecule has 0 unspecified atom stereocenters. The van der Waals surface area contributed by atoms with E-state index in [9.17, 15) is 0 Å². The van der Waals surface area contributed by atoms with Crippen molar-refractivity contribution < 1.29 is 9.26 Å². The van der Waals surface area contributed by atoms with Crippen LogP contribution >= 0.6 is 0 Å². The summed E-state index contributed by atoms with van der Waals surface area (Å²) < 4.78 is 9.83. The number of nitrogens with zero attached hydrogens (tertiary/aromatic N) is 2. The summed E-state index contributed by atoms with van der Waals surface area (Å²) in [7, 11) is 0. The van der Waals surface area contributed by atoms with Gasteiger partial charge in [-0.15, -0.1) is 0 Å². The van der Waals surface area contributed by atoms with Gasteiger partial charge in [-0.25, -0.2) is 0 Å². The van der Waals surface area contributed by atoms with Crippen LogP contribution in [0.25, 0.3) is 0 Å². The molecule has 0 aromatic carbocycles. The Morgan fingerprint density at radius 3 is 3.15 bits per heavy atom. The summed E-state index contributed by atoms with van der Waals surface area (Å²) >= 11 is 0. The highest BCUT2D eigenvalue weighted by molar-refractivity contribution is 4.72. The van der Waals surface area contributed by atoms with Crippen molar-refractivity contribution in [1.82, 2.24) is 15.5 Å². The zero-order valence-corrected chi connectivity index (χ0v) is 7.82. The molecule has 1 N–H and O–H groups in total. The molecule has 0 saturated carbocycles. The van der Waals surface area contributed by atoms with Gasteiger partial charge in [0.1, 0.15) is 6.61 Å². The minimum Gasteiger partial charge on any atom is -0.372 e. The summed E-state index contributed by atoms with van der Waals surface area (Å²) in [5.41, 5.74) is 0. The van der Waals surface area contributed by atoms with Gasteiger partial charge in [0.25, 0.3) is 0 Å². The lowest BCUT2D eigenvalue weighted by molar-refractivity contribution is 0.115. The highest BCUT2D eigenvalue weighted by atomic mass is 16.5. The fraction of sp³-hybridized carbons (Fsp3) is 0.750. The second-order valence-corrected chi connectivity index (χ2v) is 2.65. The van der Waals surface area contributed by atoms with Gasteiger partial charge < -0.3 is 14.6 Å². The van der Waals surface area contributed by atoms with Crippen molar-refractivity contribution in [3.05, 3.63) is 12.2 Å². The van der Waals surface area contributed by atoms with Crippen molar-refractivity contribution in [3.63, 3.8) is 0 Å². The van der Waals surface area contributed by atoms with E-state index in [2.05, 4.69) is 26.9 Å². The molecule has 0 radical (unpaired) electrons. The van der Waals surface area contributed by atoms with Gasteiger partial charge in [0, 0.05) is 6.54 Å². The first-order valence-electron chi connectivity index (χ1n) is 4.47. The molecule has 0 aliphatic carbocycles. The molecular weight excluding hydrogens is 170 g/mol. The number of rotatable bonds is 7. The van der Waals surface area contributed by atoms with Crippen molar-refractivity contribution in [3.8, 4) is 0 Å². The lowest BCUT2D eigenvalue weighted by Gasteiger charge is -2.02. The third kappa shape index (κ3) is 4.59. The second kappa shape index (κ2) is 6.56. The Morgan fingerprint density at radius 1 is 1.54 bits per heavy atom. The van der Waals surface area contributed by atoms with Crippen LogP contribution in [0.4, 0.5) is 0 Å². The molecule has 5 heteroatoms. The van der Waals surface area contributed by atoms with E-state index in [0.717, 1.165) is 19.5 Å². The predicted molar refractivity (Wildman–Crippen MR) is 47.1 cm³/mol. The van der Waals surface area contributed by atoms with E-state index in [0.29, 0.717) is 19.0 Å². The molecule has 1 heterocycles. The van der Waals surface area contributed by atoms with Crippen LogP contribution in [0.15, 0.2) is 10.9 Å². The number of hydrogen-bond acceptors (Lipinski definition) is 5. The van der Waals surface area contributed by atoms with Crippen molar-refractivity contribution in [1.29, 1.82) is 0 Å². The standard InChI is InChI=1S/C8H15N3O2/c1-2-3-9-4-5-12-6-8-10-7-13-11-8/h7,9H,2-6H2,1H3. The van der Waals surface area contributed by atoms with Crippen LogP contribution < -0.4 is 5.32 Å². The fourth-order valence-electron chi connectivity index (χ4n) is 0.866. The Balaban J connectivity index is 1.90. The zero-order chi connectivity index (χ0) is 9.36. The van der Waals surface area contributed by atoms with Gasteiger partial charge in [-0.1, -0.05) is 12.1 Å². The molecule has 0 atom stereocenters. The third-order valence-electron chi connectivity index (χ3n) is 1.49. The third-order valence-corrected chi connectivity index (χ3v) is 1.49. The molecule has 5 nitrogen and oxygen atoms in total. The summed E-state index contributed by atoms with van der Waals surface area (Å²) in [6, 6.07) is 0. The molecular formula is C8H15N3O2. The quantitative estimate of drug-likeness (QED) is 0.630. The summed E-state index contributed by atoms with van der Waals surface area (Å²) in [5.74, 6) is 0.593. The summed E-state index contributed by atoms with van der Waals surface area (Å²) in [4.78, 5) is 3.83. The minimum atomic E-state index is 0.421. The SMILES string of the molecule is CCCNCCOCc1ncon1. The van der Waals surface area contributed by atoms with E-state index in [-0.39, 0.29) is 0 Å². The van der Waals surface area contributed by atoms with E-state index in [1.165, 1.54) is 6.39 Å². The zero-order valence-electron chi connectivity index (χ0n) is 7.82. The summed E-state index contributed by atoms with van der Waals surface area (Å²) in [5, 5.41) is 6.84. The first-order valence-corrected chi connectivity index (χ1v) is 4.47. The van der Waals surface area contributed by atoms with E-state index < -0.39 is 0 Å². The maximum Gasteiger partial charge on any atom is 0.213 e. The van der Waals surface area contributed by atoms with Gasteiger partial charge in [-0.2, -0.15) is 4.98 Å². The van der Waals surface area contributed by atoms with Crippen molar-refractivity contribution in [2.24, 2.45) is 0 Å². The lowest BCUT2D eigenvalue weighted by Crippen LogP contribution is -2.20. The molecule has 1 aromatic heterocycles. The maximum absolute atomic E-state index is 5.28. The molecule has 0 fully saturated rings. The lowest BCUT2D eigenvalue weighted by atomic mass is 10.5. The molecule has 13 heavy (non-hydrogen) atoms. The highest BCUT2D eigenvalue weighted by Gasteiger charge is 1.96. The summed E-state index contributed by atoms with van der Waals surface area (Å²) in [6.45, 7) is 5.13. The molecule has 1 rings (SSSR count). The van der Waals surface area contributed by atoms with E-state index in [1.807, 2.05) is 0 Å².